The number of nitrogen functional groups attached to an aromatic ring is 2. The molecule has 0 radical (unpaired) electrons. The van der Waals surface area contributed by atoms with Crippen molar-refractivity contribution in [2.45, 2.75) is 0 Å². The van der Waals surface area contributed by atoms with Gasteiger partial charge in [0.05, 0.1) is 11.1 Å². The third-order valence-corrected chi connectivity index (χ3v) is 5.01. The highest BCUT2D eigenvalue weighted by atomic mass is 79.9. The largest absolute Gasteiger partial charge is 0.488 e. The third kappa shape index (κ3) is 8.12. The molecule has 4 aromatic rings. The van der Waals surface area contributed by atoms with Gasteiger partial charge in [-0.15, -0.1) is 0 Å². The lowest BCUT2D eigenvalue weighted by atomic mass is 9.81. The molecule has 34 heavy (non-hydrogen) atoms. The van der Waals surface area contributed by atoms with Crippen LogP contribution in [0.5, 0.6) is 0 Å². The molecule has 0 bridgehead atoms. The van der Waals surface area contributed by atoms with Gasteiger partial charge in [0, 0.05) is 15.8 Å². The fourth-order valence-electron chi connectivity index (χ4n) is 2.71. The number of hydrogen-bond donors (Lipinski definition) is 4. The maximum Gasteiger partial charge on any atom is 0.488 e. The van der Waals surface area contributed by atoms with Gasteiger partial charge in [-0.1, -0.05) is 82.7 Å². The summed E-state index contributed by atoms with van der Waals surface area (Å²) >= 11 is 3.23. The van der Waals surface area contributed by atoms with Gasteiger partial charge in [-0.25, -0.2) is 0 Å². The molecule has 0 saturated carbocycles. The van der Waals surface area contributed by atoms with E-state index in [1.807, 2.05) is 54.6 Å². The van der Waals surface area contributed by atoms with Gasteiger partial charge in [0.25, 0.3) is 0 Å². The summed E-state index contributed by atoms with van der Waals surface area (Å²) in [6.07, 6.45) is 0. The second-order valence-electron chi connectivity index (χ2n) is 6.91. The van der Waals surface area contributed by atoms with Gasteiger partial charge in [0.2, 0.25) is 0 Å². The van der Waals surface area contributed by atoms with Gasteiger partial charge in [-0.05, 0) is 46.9 Å². The number of nitrogens with two attached hydrogens (primary N) is 2. The van der Waals surface area contributed by atoms with E-state index in [0.29, 0.717) is 28.0 Å². The number of rotatable bonds is 2. The molecule has 6 nitrogen and oxygen atoms in total. The van der Waals surface area contributed by atoms with Crippen molar-refractivity contribution in [3.05, 3.63) is 113 Å². The highest BCUT2D eigenvalue weighted by molar-refractivity contribution is 9.10. The predicted octanol–water partition coefficient (Wildman–Crippen LogP) is 4.08. The van der Waals surface area contributed by atoms with Crippen LogP contribution in [0.25, 0.3) is 11.1 Å². The van der Waals surface area contributed by atoms with Crippen LogP contribution >= 0.6 is 15.9 Å². The molecule has 0 amide bonds. The highest BCUT2D eigenvalue weighted by Gasteiger charge is 2.07. The van der Waals surface area contributed by atoms with Crippen LogP contribution in [0.3, 0.4) is 0 Å². The Morgan fingerprint density at radius 2 is 1.15 bits per heavy atom. The van der Waals surface area contributed by atoms with Crippen molar-refractivity contribution in [1.82, 2.24) is 0 Å². The summed E-state index contributed by atoms with van der Waals surface area (Å²) < 4.78 is 0.873. The molecule has 4 aromatic carbocycles. The van der Waals surface area contributed by atoms with E-state index in [9.17, 15) is 0 Å². The Morgan fingerprint density at radius 1 is 0.647 bits per heavy atom. The van der Waals surface area contributed by atoms with Crippen molar-refractivity contribution in [3.8, 4) is 23.3 Å². The van der Waals surface area contributed by atoms with Crippen molar-refractivity contribution in [1.29, 1.82) is 10.5 Å². The van der Waals surface area contributed by atoms with E-state index in [0.717, 1.165) is 15.6 Å². The lowest BCUT2D eigenvalue weighted by molar-refractivity contribution is 0.426. The van der Waals surface area contributed by atoms with Crippen LogP contribution in [0.4, 0.5) is 11.4 Å². The normalized spacial score (nSPS) is 9.21. The molecule has 4 rings (SSSR count). The number of nitriles is 2. The van der Waals surface area contributed by atoms with Crippen molar-refractivity contribution in [2.24, 2.45) is 0 Å². The van der Waals surface area contributed by atoms with Crippen LogP contribution in [0.2, 0.25) is 0 Å². The van der Waals surface area contributed by atoms with Crippen molar-refractivity contribution >= 4 is 39.9 Å². The summed E-state index contributed by atoms with van der Waals surface area (Å²) in [5.74, 6) is 0. The Morgan fingerprint density at radius 3 is 1.62 bits per heavy atom. The van der Waals surface area contributed by atoms with Crippen LogP contribution in [0, 0.1) is 22.7 Å². The van der Waals surface area contributed by atoms with E-state index in [-0.39, 0.29) is 0 Å². The van der Waals surface area contributed by atoms with Gasteiger partial charge >= 0.3 is 7.12 Å². The second kappa shape index (κ2) is 13.5. The van der Waals surface area contributed by atoms with E-state index in [4.69, 9.17) is 32.0 Å². The fourth-order valence-corrected chi connectivity index (χ4v) is 3.07. The number of anilines is 2. The first-order valence-corrected chi connectivity index (χ1v) is 10.9. The van der Waals surface area contributed by atoms with E-state index in [1.54, 1.807) is 48.5 Å². The van der Waals surface area contributed by atoms with E-state index in [2.05, 4.69) is 22.0 Å². The zero-order chi connectivity index (χ0) is 24.9. The summed E-state index contributed by atoms with van der Waals surface area (Å²) in [4.78, 5) is 0. The van der Waals surface area contributed by atoms with E-state index >= 15 is 0 Å². The first-order valence-electron chi connectivity index (χ1n) is 10.1. The molecular weight excluding hydrogens is 491 g/mol. The molecule has 0 spiro atoms. The Balaban J connectivity index is 0.000000189. The minimum absolute atomic E-state index is 0.509. The molecule has 0 atom stereocenters. The zero-order valence-electron chi connectivity index (χ0n) is 18.1. The Hall–Kier alpha value is -4.08. The maximum absolute atomic E-state index is 8.86. The molecule has 0 heterocycles. The SMILES string of the molecule is N#Cc1cc(-c2ccccc2)ccc1N.N#Cc1cc(Br)ccc1N.OB(O)c1ccccc1. The molecule has 0 aliphatic heterocycles. The number of halogens is 1. The molecule has 0 unspecified atom stereocenters. The molecule has 6 N–H and O–H groups in total. The zero-order valence-corrected chi connectivity index (χ0v) is 19.7. The van der Waals surface area contributed by atoms with Gasteiger partial charge in [-0.3, -0.25) is 0 Å². The predicted molar refractivity (Wildman–Crippen MR) is 141 cm³/mol. The molecule has 8 heteroatoms. The lowest BCUT2D eigenvalue weighted by Crippen LogP contribution is -2.29. The van der Waals surface area contributed by atoms with Crippen LogP contribution in [-0.4, -0.2) is 17.2 Å². The average molecular weight is 513 g/mol. The van der Waals surface area contributed by atoms with Crippen molar-refractivity contribution in [2.75, 3.05) is 11.5 Å². The minimum atomic E-state index is -1.34. The Kier molecular flexibility index (Phi) is 10.4. The highest BCUT2D eigenvalue weighted by Crippen LogP contribution is 2.23. The second-order valence-corrected chi connectivity index (χ2v) is 7.82. The summed E-state index contributed by atoms with van der Waals surface area (Å²) in [5, 5.41) is 34.5. The van der Waals surface area contributed by atoms with Gasteiger partial charge in [-0.2, -0.15) is 10.5 Å². The molecule has 0 aliphatic rings. The lowest BCUT2D eigenvalue weighted by Gasteiger charge is -2.03. The molecule has 0 fully saturated rings. The van der Waals surface area contributed by atoms with E-state index < -0.39 is 7.12 Å². The third-order valence-electron chi connectivity index (χ3n) is 4.51. The molecule has 168 valence electrons. The molecule has 0 aliphatic carbocycles. The first-order chi connectivity index (χ1) is 16.3. The fraction of sp³-hybridized carbons (Fsp3) is 0. The summed E-state index contributed by atoms with van der Waals surface area (Å²) in [6, 6.07) is 33.3. The number of hydrogen-bond acceptors (Lipinski definition) is 6. The first kappa shape index (κ1) is 26.2. The van der Waals surface area contributed by atoms with Gasteiger partial charge < -0.3 is 21.5 Å². The molecule has 0 saturated heterocycles. The maximum atomic E-state index is 8.86. The van der Waals surface area contributed by atoms with Crippen LogP contribution in [0.1, 0.15) is 11.1 Å². The number of benzene rings is 4. The van der Waals surface area contributed by atoms with Crippen LogP contribution < -0.4 is 16.9 Å². The Labute approximate surface area is 207 Å². The molecule has 0 aromatic heterocycles. The average Bonchev–Trinajstić information content (AvgIpc) is 2.87. The summed E-state index contributed by atoms with van der Waals surface area (Å²) in [6.45, 7) is 0. The number of nitrogens with zero attached hydrogens (tertiary/aromatic N) is 2. The smallest absolute Gasteiger partial charge is 0.423 e. The van der Waals surface area contributed by atoms with Crippen molar-refractivity contribution in [3.63, 3.8) is 0 Å². The topological polar surface area (TPSA) is 140 Å². The van der Waals surface area contributed by atoms with Crippen LogP contribution in [0.15, 0.2) is 102 Å². The molecular formula is C26H22BBrN4O2. The quantitative estimate of drug-likeness (QED) is 0.235. The van der Waals surface area contributed by atoms with Crippen LogP contribution in [-0.2, 0) is 0 Å². The van der Waals surface area contributed by atoms with Gasteiger partial charge in [0.15, 0.2) is 0 Å². The van der Waals surface area contributed by atoms with E-state index in [1.165, 1.54) is 0 Å². The standard InChI is InChI=1S/C13H10N2.C7H5BrN2.C6H7BO2/c14-9-12-8-11(6-7-13(12)15)10-4-2-1-3-5-10;8-6-1-2-7(10)5(3-6)4-9;8-7(9)6-4-2-1-3-5-6/h1-8H,15H2;1-3H,10H2;1-5,8-9H. The monoisotopic (exact) mass is 512 g/mol. The van der Waals surface area contributed by atoms with Crippen molar-refractivity contribution < 1.29 is 10.0 Å². The summed E-state index contributed by atoms with van der Waals surface area (Å²) in [5.41, 5.74) is 15.8. The minimum Gasteiger partial charge on any atom is -0.423 e. The van der Waals surface area contributed by atoms with Gasteiger partial charge in [0.1, 0.15) is 12.1 Å². The Bertz CT molecular complexity index is 1290. The summed E-state index contributed by atoms with van der Waals surface area (Å²) in [7, 11) is -1.34.